The molecule has 3 fully saturated rings. The maximum atomic E-state index is 12.6. The van der Waals surface area contributed by atoms with E-state index in [0.717, 1.165) is 13.0 Å². The molecule has 3 aliphatic rings. The highest BCUT2D eigenvalue weighted by Gasteiger charge is 2.60. The standard InChI is InChI=1S/C13H21BrN2O.BrH/c14-16-11-7-3-1-4-8-13(16)9-5-2-6-10-15(13)12(11)17;/h11H,1-10H2;1H. The van der Waals surface area contributed by atoms with Gasteiger partial charge in [0.05, 0.1) is 6.54 Å². The van der Waals surface area contributed by atoms with Gasteiger partial charge in [-0.1, -0.05) is 12.8 Å². The molecule has 3 saturated heterocycles. The lowest BCUT2D eigenvalue weighted by atomic mass is 9.93. The van der Waals surface area contributed by atoms with E-state index in [-0.39, 0.29) is 28.7 Å². The Balaban J connectivity index is 0.00000120. The van der Waals surface area contributed by atoms with Gasteiger partial charge in [0, 0.05) is 29.0 Å². The van der Waals surface area contributed by atoms with E-state index in [1.807, 2.05) is 0 Å². The number of hydrogen-bond donors (Lipinski definition) is 1. The van der Waals surface area contributed by atoms with Crippen LogP contribution >= 0.6 is 16.1 Å². The van der Waals surface area contributed by atoms with Crippen LogP contribution < -0.4 is 21.9 Å². The third-order valence-electron chi connectivity index (χ3n) is 4.93. The largest absolute Gasteiger partial charge is 1.00 e. The average molecular weight is 382 g/mol. The van der Waals surface area contributed by atoms with Gasteiger partial charge in [-0.25, -0.2) is 4.79 Å². The molecule has 0 aliphatic carbocycles. The summed E-state index contributed by atoms with van der Waals surface area (Å²) in [4.78, 5) is 13.8. The van der Waals surface area contributed by atoms with Crippen LogP contribution in [-0.4, -0.2) is 28.1 Å². The predicted molar refractivity (Wildman–Crippen MR) is 69.7 cm³/mol. The fourth-order valence-corrected chi connectivity index (χ4v) is 4.99. The summed E-state index contributed by atoms with van der Waals surface area (Å²) in [6.07, 6.45) is 11.0. The second kappa shape index (κ2) is 5.90. The molecule has 5 heteroatoms. The molecule has 18 heavy (non-hydrogen) atoms. The highest BCUT2D eigenvalue weighted by Crippen LogP contribution is 2.37. The van der Waals surface area contributed by atoms with Crippen molar-refractivity contribution < 1.29 is 26.7 Å². The molecule has 0 saturated carbocycles. The van der Waals surface area contributed by atoms with Crippen molar-refractivity contribution in [1.82, 2.24) is 3.93 Å². The van der Waals surface area contributed by atoms with Crippen molar-refractivity contribution in [2.45, 2.75) is 69.5 Å². The van der Waals surface area contributed by atoms with E-state index in [2.05, 4.69) is 20.1 Å². The Morgan fingerprint density at radius 2 is 1.78 bits per heavy atom. The van der Waals surface area contributed by atoms with Crippen molar-refractivity contribution in [2.24, 2.45) is 0 Å². The number of fused-ring (bicyclic) bond motifs is 1. The minimum atomic E-state index is 0. The molecule has 0 radical (unpaired) electrons. The maximum Gasteiger partial charge on any atom is 0.331 e. The van der Waals surface area contributed by atoms with Crippen LogP contribution in [0, 0.1) is 0 Å². The van der Waals surface area contributed by atoms with E-state index in [9.17, 15) is 4.79 Å². The molecule has 104 valence electrons. The molecule has 1 N–H and O–H groups in total. The quantitative estimate of drug-likeness (QED) is 0.524. The van der Waals surface area contributed by atoms with Crippen LogP contribution in [-0.2, 0) is 4.79 Å². The Bertz CT molecular complexity index is 326. The zero-order valence-corrected chi connectivity index (χ0v) is 13.9. The summed E-state index contributed by atoms with van der Waals surface area (Å²) in [6, 6.07) is 0.142. The number of rotatable bonds is 0. The number of nitrogens with one attached hydrogen (secondary N) is 1. The van der Waals surface area contributed by atoms with E-state index in [0.29, 0.717) is 5.91 Å². The van der Waals surface area contributed by atoms with E-state index in [1.54, 1.807) is 0 Å². The average Bonchev–Trinajstić information content (AvgIpc) is 2.47. The van der Waals surface area contributed by atoms with Crippen LogP contribution in [0.3, 0.4) is 0 Å². The van der Waals surface area contributed by atoms with Crippen LogP contribution in [0.5, 0.6) is 0 Å². The number of carbonyl (C=O) groups is 1. The van der Waals surface area contributed by atoms with E-state index in [4.69, 9.17) is 0 Å². The van der Waals surface area contributed by atoms with Crippen LogP contribution in [0.15, 0.2) is 0 Å². The van der Waals surface area contributed by atoms with E-state index >= 15 is 0 Å². The summed E-state index contributed by atoms with van der Waals surface area (Å²) in [5.41, 5.74) is 0.0959. The topological polar surface area (TPSA) is 24.8 Å². The van der Waals surface area contributed by atoms with E-state index < -0.39 is 0 Å². The van der Waals surface area contributed by atoms with Gasteiger partial charge in [-0.15, -0.1) is 0 Å². The molecule has 1 amide bonds. The van der Waals surface area contributed by atoms with Crippen LogP contribution in [0.1, 0.15) is 57.8 Å². The molecule has 0 aromatic rings. The summed E-state index contributed by atoms with van der Waals surface area (Å²) < 4.78 is 2.28. The van der Waals surface area contributed by atoms with Crippen molar-refractivity contribution in [3.8, 4) is 0 Å². The number of halogens is 2. The van der Waals surface area contributed by atoms with Crippen LogP contribution in [0.4, 0.5) is 0 Å². The smallest absolute Gasteiger partial charge is 0.331 e. The minimum absolute atomic E-state index is 0. The summed E-state index contributed by atoms with van der Waals surface area (Å²) in [7, 11) is 0. The zero-order valence-electron chi connectivity index (χ0n) is 10.8. The number of nitrogens with zero attached hydrogens (tertiary/aromatic N) is 1. The first-order valence-electron chi connectivity index (χ1n) is 7.11. The highest BCUT2D eigenvalue weighted by atomic mass is 79.9. The normalized spacial score (nSPS) is 41.3. The molecule has 3 rings (SSSR count). The zero-order chi connectivity index (χ0) is 11.9. The van der Waals surface area contributed by atoms with E-state index in [1.165, 1.54) is 56.3 Å². The number of carbonyl (C=O) groups excluding carboxylic acids is 1. The Kier molecular flexibility index (Phi) is 4.90. The van der Waals surface area contributed by atoms with Crippen LogP contribution in [0.2, 0.25) is 0 Å². The lowest BCUT2D eigenvalue weighted by molar-refractivity contribution is -0.877. The monoisotopic (exact) mass is 380 g/mol. The number of hydrogen-bond acceptors (Lipinski definition) is 2. The van der Waals surface area contributed by atoms with Crippen molar-refractivity contribution in [3.63, 3.8) is 0 Å². The van der Waals surface area contributed by atoms with Gasteiger partial charge in [-0.2, -0.15) is 3.93 Å². The SMILES string of the molecule is O=C1C2CCCCCC3(CCCCC[NH+]13)N2Br.[Br-]. The van der Waals surface area contributed by atoms with Gasteiger partial charge in [0.2, 0.25) is 0 Å². The Labute approximate surface area is 128 Å². The van der Waals surface area contributed by atoms with Gasteiger partial charge in [0.25, 0.3) is 0 Å². The third kappa shape index (κ3) is 2.21. The molecule has 1 spiro atoms. The van der Waals surface area contributed by atoms with Gasteiger partial charge in [-0.3, -0.25) is 4.90 Å². The van der Waals surface area contributed by atoms with Gasteiger partial charge in [0.1, 0.15) is 6.04 Å². The maximum absolute atomic E-state index is 12.6. The second-order valence-corrected chi connectivity index (χ2v) is 6.63. The molecular weight excluding hydrogens is 360 g/mol. The van der Waals surface area contributed by atoms with Gasteiger partial charge in [-0.05, 0) is 32.1 Å². The fourth-order valence-electron chi connectivity index (χ4n) is 4.03. The first kappa shape index (κ1) is 14.9. The Morgan fingerprint density at radius 3 is 2.50 bits per heavy atom. The van der Waals surface area contributed by atoms with Crippen molar-refractivity contribution >= 4 is 22.1 Å². The minimum Gasteiger partial charge on any atom is -1.00 e. The second-order valence-electron chi connectivity index (χ2n) is 5.86. The lowest BCUT2D eigenvalue weighted by Crippen LogP contribution is -3.21. The number of quaternary nitrogens is 1. The molecular formula is C13H22Br2N2O. The summed E-state index contributed by atoms with van der Waals surface area (Å²) in [6.45, 7) is 1.05. The molecule has 3 atom stereocenters. The molecule has 0 aromatic carbocycles. The van der Waals surface area contributed by atoms with Gasteiger partial charge in [0.15, 0.2) is 5.66 Å². The summed E-state index contributed by atoms with van der Waals surface area (Å²) in [5, 5.41) is 0. The van der Waals surface area contributed by atoms with Crippen molar-refractivity contribution in [3.05, 3.63) is 0 Å². The van der Waals surface area contributed by atoms with Crippen LogP contribution in [0.25, 0.3) is 0 Å². The highest BCUT2D eigenvalue weighted by molar-refractivity contribution is 9.07. The fraction of sp³-hybridized carbons (Fsp3) is 0.923. The summed E-state index contributed by atoms with van der Waals surface area (Å²) in [5.74, 6) is 0.464. The summed E-state index contributed by atoms with van der Waals surface area (Å²) >= 11 is 3.77. The first-order valence-corrected chi connectivity index (χ1v) is 7.82. The molecule has 0 aromatic heterocycles. The first-order chi connectivity index (χ1) is 8.26. The predicted octanol–water partition coefficient (Wildman–Crippen LogP) is -1.37. The van der Waals surface area contributed by atoms with Gasteiger partial charge < -0.3 is 17.0 Å². The molecule has 2 bridgehead atoms. The lowest BCUT2D eigenvalue weighted by Gasteiger charge is -2.37. The molecule has 3 aliphatic heterocycles. The molecule has 3 nitrogen and oxygen atoms in total. The molecule has 3 unspecified atom stereocenters. The third-order valence-corrected chi connectivity index (χ3v) is 6.10. The van der Waals surface area contributed by atoms with Crippen molar-refractivity contribution in [2.75, 3.05) is 6.54 Å². The molecule has 3 heterocycles. The Hall–Kier alpha value is 0.550. The number of amides is 1. The Morgan fingerprint density at radius 1 is 1.11 bits per heavy atom. The van der Waals surface area contributed by atoms with Crippen molar-refractivity contribution in [1.29, 1.82) is 0 Å². The van der Waals surface area contributed by atoms with Gasteiger partial charge >= 0.3 is 5.91 Å².